The van der Waals surface area contributed by atoms with Crippen molar-refractivity contribution in [3.8, 4) is 0 Å². The maximum absolute atomic E-state index is 11.8. The lowest BCUT2D eigenvalue weighted by Crippen LogP contribution is -2.27. The van der Waals surface area contributed by atoms with Gasteiger partial charge in [-0.05, 0) is 24.6 Å². The standard InChI is InChI=1S/C13H13Cl2NO2/c14-11-2-1-3-12(15)10(11)4-5-13(18)16-7-6-9(17)8-16/h1-5,9,17H,6-8H2/t9-/m0/s1. The average molecular weight is 286 g/mol. The number of β-amino-alcohol motifs (C(OH)–C–C–N with tert-alkyl or cyclic N) is 1. The molecule has 0 spiro atoms. The van der Waals surface area contributed by atoms with Gasteiger partial charge in [-0.25, -0.2) is 0 Å². The van der Waals surface area contributed by atoms with Crippen molar-refractivity contribution < 1.29 is 9.90 Å². The van der Waals surface area contributed by atoms with E-state index in [0.717, 1.165) is 0 Å². The zero-order valence-electron chi connectivity index (χ0n) is 9.64. The van der Waals surface area contributed by atoms with Gasteiger partial charge in [0.05, 0.1) is 6.10 Å². The largest absolute Gasteiger partial charge is 0.391 e. The molecule has 1 aromatic rings. The van der Waals surface area contributed by atoms with Gasteiger partial charge in [0.15, 0.2) is 0 Å². The van der Waals surface area contributed by atoms with E-state index >= 15 is 0 Å². The number of rotatable bonds is 2. The highest BCUT2D eigenvalue weighted by atomic mass is 35.5. The first-order chi connectivity index (χ1) is 8.58. The molecule has 1 fully saturated rings. The molecular weight excluding hydrogens is 273 g/mol. The summed E-state index contributed by atoms with van der Waals surface area (Å²) in [6.45, 7) is 0.972. The molecule has 1 aromatic carbocycles. The lowest BCUT2D eigenvalue weighted by Gasteiger charge is -2.12. The lowest BCUT2D eigenvalue weighted by molar-refractivity contribution is -0.125. The predicted molar refractivity (Wildman–Crippen MR) is 72.7 cm³/mol. The minimum absolute atomic E-state index is 0.137. The number of halogens is 2. The number of carbonyl (C=O) groups is 1. The van der Waals surface area contributed by atoms with Gasteiger partial charge in [0.1, 0.15) is 0 Å². The van der Waals surface area contributed by atoms with Crippen LogP contribution in [-0.4, -0.2) is 35.1 Å². The summed E-state index contributed by atoms with van der Waals surface area (Å²) in [4.78, 5) is 13.4. The van der Waals surface area contributed by atoms with Gasteiger partial charge in [-0.2, -0.15) is 0 Å². The topological polar surface area (TPSA) is 40.5 Å². The quantitative estimate of drug-likeness (QED) is 0.849. The van der Waals surface area contributed by atoms with Crippen molar-refractivity contribution in [2.24, 2.45) is 0 Å². The van der Waals surface area contributed by atoms with Crippen molar-refractivity contribution in [1.29, 1.82) is 0 Å². The summed E-state index contributed by atoms with van der Waals surface area (Å²) in [6.07, 6.45) is 3.26. The molecule has 3 nitrogen and oxygen atoms in total. The number of aliphatic hydroxyl groups is 1. The Morgan fingerprint density at radius 2 is 2.06 bits per heavy atom. The molecule has 1 atom stereocenters. The highest BCUT2D eigenvalue weighted by Crippen LogP contribution is 2.25. The molecular formula is C13H13Cl2NO2. The molecule has 1 N–H and O–H groups in total. The van der Waals surface area contributed by atoms with Crippen molar-refractivity contribution in [2.45, 2.75) is 12.5 Å². The predicted octanol–water partition coefficient (Wildman–Crippen LogP) is 2.60. The van der Waals surface area contributed by atoms with Crippen LogP contribution in [0, 0.1) is 0 Å². The first-order valence-electron chi connectivity index (χ1n) is 5.67. The van der Waals surface area contributed by atoms with Gasteiger partial charge in [0.25, 0.3) is 0 Å². The molecule has 0 aliphatic carbocycles. The molecule has 96 valence electrons. The molecule has 0 radical (unpaired) electrons. The SMILES string of the molecule is O=C(C=Cc1c(Cl)cccc1Cl)N1CC[C@H](O)C1. The third-order valence-electron chi connectivity index (χ3n) is 2.87. The molecule has 0 saturated carbocycles. The van der Waals surface area contributed by atoms with E-state index in [2.05, 4.69) is 0 Å². The lowest BCUT2D eigenvalue weighted by atomic mass is 10.2. The Morgan fingerprint density at radius 1 is 1.39 bits per heavy atom. The average Bonchev–Trinajstić information content (AvgIpc) is 2.75. The van der Waals surface area contributed by atoms with Gasteiger partial charge in [0.2, 0.25) is 5.91 Å². The van der Waals surface area contributed by atoms with Gasteiger partial charge in [-0.15, -0.1) is 0 Å². The van der Waals surface area contributed by atoms with E-state index in [1.807, 2.05) is 0 Å². The minimum atomic E-state index is -0.411. The Kier molecular flexibility index (Phi) is 4.27. The van der Waals surface area contributed by atoms with E-state index < -0.39 is 6.10 Å². The smallest absolute Gasteiger partial charge is 0.246 e. The number of benzene rings is 1. The number of aliphatic hydroxyl groups excluding tert-OH is 1. The van der Waals surface area contributed by atoms with Crippen LogP contribution in [0.3, 0.4) is 0 Å². The van der Waals surface area contributed by atoms with Crippen LogP contribution >= 0.6 is 23.2 Å². The van der Waals surface area contributed by atoms with Gasteiger partial charge < -0.3 is 10.0 Å². The van der Waals surface area contributed by atoms with Crippen LogP contribution in [0.25, 0.3) is 6.08 Å². The fourth-order valence-corrected chi connectivity index (χ4v) is 2.40. The van der Waals surface area contributed by atoms with Gasteiger partial charge in [-0.3, -0.25) is 4.79 Å². The molecule has 1 heterocycles. The highest BCUT2D eigenvalue weighted by molar-refractivity contribution is 6.37. The van der Waals surface area contributed by atoms with Gasteiger partial charge in [-0.1, -0.05) is 29.3 Å². The van der Waals surface area contributed by atoms with E-state index in [-0.39, 0.29) is 5.91 Å². The van der Waals surface area contributed by atoms with Crippen LogP contribution in [0.1, 0.15) is 12.0 Å². The van der Waals surface area contributed by atoms with Gasteiger partial charge in [0, 0.05) is 34.8 Å². The fourth-order valence-electron chi connectivity index (χ4n) is 1.87. The Bertz CT molecular complexity index is 468. The third kappa shape index (κ3) is 3.05. The van der Waals surface area contributed by atoms with E-state index in [9.17, 15) is 9.90 Å². The second-order valence-electron chi connectivity index (χ2n) is 4.20. The van der Waals surface area contributed by atoms with Crippen LogP contribution < -0.4 is 0 Å². The molecule has 0 aromatic heterocycles. The number of likely N-dealkylation sites (tertiary alicyclic amines) is 1. The summed E-state index contributed by atoms with van der Waals surface area (Å²) < 4.78 is 0. The molecule has 18 heavy (non-hydrogen) atoms. The van der Waals surface area contributed by atoms with Crippen molar-refractivity contribution in [3.63, 3.8) is 0 Å². The summed E-state index contributed by atoms with van der Waals surface area (Å²) in [5.41, 5.74) is 0.633. The van der Waals surface area contributed by atoms with Crippen LogP contribution in [0.4, 0.5) is 0 Å². The first-order valence-corrected chi connectivity index (χ1v) is 6.42. The van der Waals surface area contributed by atoms with E-state index in [1.54, 1.807) is 29.2 Å². The maximum Gasteiger partial charge on any atom is 0.246 e. The summed E-state index contributed by atoms with van der Waals surface area (Å²) in [5, 5.41) is 10.4. The van der Waals surface area contributed by atoms with Crippen molar-refractivity contribution >= 4 is 35.2 Å². The minimum Gasteiger partial charge on any atom is -0.391 e. The summed E-state index contributed by atoms with van der Waals surface area (Å²) in [7, 11) is 0. The zero-order valence-corrected chi connectivity index (χ0v) is 11.2. The summed E-state index contributed by atoms with van der Waals surface area (Å²) >= 11 is 12.0. The molecule has 1 saturated heterocycles. The Labute approximate surface area is 116 Å². The van der Waals surface area contributed by atoms with Crippen molar-refractivity contribution in [1.82, 2.24) is 4.90 Å². The zero-order chi connectivity index (χ0) is 13.1. The van der Waals surface area contributed by atoms with Crippen LogP contribution in [0.15, 0.2) is 24.3 Å². The summed E-state index contributed by atoms with van der Waals surface area (Å²) in [5.74, 6) is -0.137. The number of amides is 1. The number of hydrogen-bond donors (Lipinski definition) is 1. The Morgan fingerprint density at radius 3 is 2.61 bits per heavy atom. The molecule has 1 aliphatic rings. The van der Waals surface area contributed by atoms with E-state index in [1.165, 1.54) is 6.08 Å². The van der Waals surface area contributed by atoms with Crippen LogP contribution in [0.5, 0.6) is 0 Å². The second-order valence-corrected chi connectivity index (χ2v) is 5.01. The van der Waals surface area contributed by atoms with Crippen LogP contribution in [-0.2, 0) is 4.79 Å². The molecule has 1 aliphatic heterocycles. The van der Waals surface area contributed by atoms with Crippen LogP contribution in [0.2, 0.25) is 10.0 Å². The third-order valence-corrected chi connectivity index (χ3v) is 3.53. The number of carbonyl (C=O) groups excluding carboxylic acids is 1. The van der Waals surface area contributed by atoms with Crippen molar-refractivity contribution in [3.05, 3.63) is 39.9 Å². The monoisotopic (exact) mass is 285 g/mol. The Balaban J connectivity index is 2.09. The van der Waals surface area contributed by atoms with Crippen molar-refractivity contribution in [2.75, 3.05) is 13.1 Å². The molecule has 0 unspecified atom stereocenters. The second kappa shape index (κ2) is 5.74. The molecule has 0 bridgehead atoms. The van der Waals surface area contributed by atoms with E-state index in [4.69, 9.17) is 23.2 Å². The fraction of sp³-hybridized carbons (Fsp3) is 0.308. The summed E-state index contributed by atoms with van der Waals surface area (Å²) in [6, 6.07) is 5.19. The maximum atomic E-state index is 11.8. The molecule has 1 amide bonds. The molecule has 2 rings (SSSR count). The Hall–Kier alpha value is -1.03. The highest BCUT2D eigenvalue weighted by Gasteiger charge is 2.22. The van der Waals surface area contributed by atoms with Gasteiger partial charge >= 0.3 is 0 Å². The first kappa shape index (κ1) is 13.4. The number of nitrogens with zero attached hydrogens (tertiary/aromatic N) is 1. The molecule has 5 heteroatoms. The van der Waals surface area contributed by atoms with E-state index in [0.29, 0.717) is 35.1 Å². The normalized spacial score (nSPS) is 19.7. The number of hydrogen-bond acceptors (Lipinski definition) is 2.